The zero-order valence-corrected chi connectivity index (χ0v) is 15.9. The third-order valence-corrected chi connectivity index (χ3v) is 4.55. The summed E-state index contributed by atoms with van der Waals surface area (Å²) < 4.78 is 17.3. The average Bonchev–Trinajstić information content (AvgIpc) is 2.60. The number of hydrogen-bond acceptors (Lipinski definition) is 4. The number of carbonyl (C=O) groups excluding carboxylic acids is 1. The number of carbonyl (C=O) groups is 1. The molecule has 1 aliphatic heterocycles. The van der Waals surface area contributed by atoms with E-state index in [-0.39, 0.29) is 18.6 Å². The second-order valence-electron chi connectivity index (χ2n) is 5.56. The summed E-state index contributed by atoms with van der Waals surface area (Å²) in [4.78, 5) is 12.1. The van der Waals surface area contributed by atoms with Gasteiger partial charge in [-0.15, -0.1) is 0 Å². The van der Waals surface area contributed by atoms with Crippen molar-refractivity contribution in [3.8, 4) is 17.2 Å². The summed E-state index contributed by atoms with van der Waals surface area (Å²) in [6, 6.07) is 10.6. The highest BCUT2D eigenvalue weighted by molar-refractivity contribution is 9.10. The van der Waals surface area contributed by atoms with Gasteiger partial charge in [0, 0.05) is 5.02 Å². The van der Waals surface area contributed by atoms with Crippen LogP contribution in [0.25, 0.3) is 0 Å². The maximum Gasteiger partial charge on any atom is 0.258 e. The molecule has 0 spiro atoms. The van der Waals surface area contributed by atoms with Gasteiger partial charge in [-0.25, -0.2) is 0 Å². The van der Waals surface area contributed by atoms with Crippen LogP contribution in [0, 0.1) is 0 Å². The first-order valence-electron chi connectivity index (χ1n) is 7.79. The average molecular weight is 427 g/mol. The first-order chi connectivity index (χ1) is 12.0. The van der Waals surface area contributed by atoms with E-state index in [4.69, 9.17) is 25.8 Å². The summed E-state index contributed by atoms with van der Waals surface area (Å²) in [6.45, 7) is 2.90. The molecule has 1 heterocycles. The van der Waals surface area contributed by atoms with Crippen LogP contribution < -0.4 is 19.5 Å². The Balaban J connectivity index is 1.57. The van der Waals surface area contributed by atoms with Gasteiger partial charge < -0.3 is 19.5 Å². The predicted octanol–water partition coefficient (Wildman–Crippen LogP) is 4.13. The van der Waals surface area contributed by atoms with Gasteiger partial charge in [0.25, 0.3) is 5.91 Å². The minimum Gasteiger partial charge on any atom is -0.486 e. The molecule has 0 saturated heterocycles. The molecule has 0 radical (unpaired) electrons. The Kier molecular flexibility index (Phi) is 5.71. The number of rotatable bonds is 5. The van der Waals surface area contributed by atoms with E-state index in [1.54, 1.807) is 18.2 Å². The molecule has 7 heteroatoms. The fraction of sp³-hybridized carbons (Fsp3) is 0.278. The standard InChI is InChI=1S/C18H17BrClNO4/c1-11(12-2-4-16-17(8-12)24-7-6-23-16)21-18(22)10-25-15-5-3-13(20)9-14(15)19/h2-5,8-9,11H,6-7,10H2,1H3,(H,21,22)/t11-/m1/s1. The molecule has 5 nitrogen and oxygen atoms in total. The smallest absolute Gasteiger partial charge is 0.258 e. The fourth-order valence-electron chi connectivity index (χ4n) is 2.43. The van der Waals surface area contributed by atoms with Crippen molar-refractivity contribution in [1.82, 2.24) is 5.32 Å². The molecule has 1 N–H and O–H groups in total. The van der Waals surface area contributed by atoms with E-state index < -0.39 is 0 Å². The monoisotopic (exact) mass is 425 g/mol. The minimum absolute atomic E-state index is 0.0882. The quantitative estimate of drug-likeness (QED) is 0.781. The molecular weight excluding hydrogens is 410 g/mol. The second kappa shape index (κ2) is 7.97. The van der Waals surface area contributed by atoms with E-state index in [1.807, 2.05) is 25.1 Å². The zero-order valence-electron chi connectivity index (χ0n) is 13.6. The van der Waals surface area contributed by atoms with Gasteiger partial charge in [-0.1, -0.05) is 17.7 Å². The lowest BCUT2D eigenvalue weighted by molar-refractivity contribution is -0.123. The van der Waals surface area contributed by atoms with E-state index in [9.17, 15) is 4.79 Å². The molecule has 25 heavy (non-hydrogen) atoms. The normalized spacial score (nSPS) is 13.9. The van der Waals surface area contributed by atoms with Crippen LogP contribution in [0.1, 0.15) is 18.5 Å². The third-order valence-electron chi connectivity index (χ3n) is 3.70. The Labute approximate surface area is 159 Å². The van der Waals surface area contributed by atoms with Crippen molar-refractivity contribution < 1.29 is 19.0 Å². The van der Waals surface area contributed by atoms with Crippen LogP contribution in [-0.2, 0) is 4.79 Å². The molecular formula is C18H17BrClNO4. The molecule has 0 saturated carbocycles. The van der Waals surface area contributed by atoms with E-state index in [1.165, 1.54) is 0 Å². The number of benzene rings is 2. The zero-order chi connectivity index (χ0) is 17.8. The van der Waals surface area contributed by atoms with Gasteiger partial charge in [-0.05, 0) is 58.7 Å². The first-order valence-corrected chi connectivity index (χ1v) is 8.97. The lowest BCUT2D eigenvalue weighted by atomic mass is 10.1. The largest absolute Gasteiger partial charge is 0.486 e. The molecule has 0 unspecified atom stereocenters. The van der Waals surface area contributed by atoms with Crippen molar-refractivity contribution in [2.45, 2.75) is 13.0 Å². The summed E-state index contributed by atoms with van der Waals surface area (Å²) in [7, 11) is 0. The molecule has 0 fully saturated rings. The second-order valence-corrected chi connectivity index (χ2v) is 6.85. The van der Waals surface area contributed by atoms with E-state index in [2.05, 4.69) is 21.2 Å². The van der Waals surface area contributed by atoms with Crippen molar-refractivity contribution in [3.63, 3.8) is 0 Å². The Hall–Kier alpha value is -1.92. The van der Waals surface area contributed by atoms with E-state index >= 15 is 0 Å². The van der Waals surface area contributed by atoms with E-state index in [0.29, 0.717) is 34.2 Å². The SMILES string of the molecule is C[C@@H](NC(=O)COc1ccc(Cl)cc1Br)c1ccc2c(c1)OCCO2. The highest BCUT2D eigenvalue weighted by atomic mass is 79.9. The maximum absolute atomic E-state index is 12.1. The lowest BCUT2D eigenvalue weighted by Gasteiger charge is -2.21. The molecule has 0 bridgehead atoms. The third kappa shape index (κ3) is 4.58. The van der Waals surface area contributed by atoms with Crippen molar-refractivity contribution >= 4 is 33.4 Å². The van der Waals surface area contributed by atoms with Gasteiger partial charge >= 0.3 is 0 Å². The van der Waals surface area contributed by atoms with Crippen molar-refractivity contribution in [3.05, 3.63) is 51.5 Å². The van der Waals surface area contributed by atoms with Crippen LogP contribution in [-0.4, -0.2) is 25.7 Å². The fourth-order valence-corrected chi connectivity index (χ4v) is 3.23. The van der Waals surface area contributed by atoms with Gasteiger partial charge in [-0.2, -0.15) is 0 Å². The van der Waals surface area contributed by atoms with Crippen LogP contribution >= 0.6 is 27.5 Å². The van der Waals surface area contributed by atoms with E-state index in [0.717, 1.165) is 11.3 Å². The van der Waals surface area contributed by atoms with Gasteiger partial charge in [0.2, 0.25) is 0 Å². The molecule has 1 aliphatic rings. The number of fused-ring (bicyclic) bond motifs is 1. The molecule has 2 aromatic rings. The minimum atomic E-state index is -0.218. The Morgan fingerprint density at radius 3 is 2.76 bits per heavy atom. The Morgan fingerprint density at radius 2 is 2.00 bits per heavy atom. The number of hydrogen-bond donors (Lipinski definition) is 1. The number of amides is 1. The van der Waals surface area contributed by atoms with Gasteiger partial charge in [0.15, 0.2) is 18.1 Å². The highest BCUT2D eigenvalue weighted by Gasteiger charge is 2.16. The summed E-state index contributed by atoms with van der Waals surface area (Å²) >= 11 is 9.24. The lowest BCUT2D eigenvalue weighted by Crippen LogP contribution is -2.31. The summed E-state index contributed by atoms with van der Waals surface area (Å²) in [5.41, 5.74) is 0.935. The molecule has 3 rings (SSSR count). The van der Waals surface area contributed by atoms with Gasteiger partial charge in [-0.3, -0.25) is 4.79 Å². The van der Waals surface area contributed by atoms with Crippen LogP contribution in [0.2, 0.25) is 5.02 Å². The summed E-state index contributed by atoms with van der Waals surface area (Å²) in [5.74, 6) is 1.77. The topological polar surface area (TPSA) is 56.8 Å². The number of ether oxygens (including phenoxy) is 3. The maximum atomic E-state index is 12.1. The number of nitrogens with one attached hydrogen (secondary N) is 1. The molecule has 1 amide bonds. The van der Waals surface area contributed by atoms with Crippen LogP contribution in [0.4, 0.5) is 0 Å². The Morgan fingerprint density at radius 1 is 1.24 bits per heavy atom. The molecule has 0 aliphatic carbocycles. The van der Waals surface area contributed by atoms with Gasteiger partial charge in [0.1, 0.15) is 19.0 Å². The van der Waals surface area contributed by atoms with Gasteiger partial charge in [0.05, 0.1) is 10.5 Å². The molecule has 0 aromatic heterocycles. The van der Waals surface area contributed by atoms with Crippen LogP contribution in [0.3, 0.4) is 0 Å². The first kappa shape index (κ1) is 17.9. The molecule has 1 atom stereocenters. The molecule has 132 valence electrons. The Bertz CT molecular complexity index is 784. The van der Waals surface area contributed by atoms with Crippen LogP contribution in [0.5, 0.6) is 17.2 Å². The van der Waals surface area contributed by atoms with Crippen molar-refractivity contribution in [2.24, 2.45) is 0 Å². The van der Waals surface area contributed by atoms with Crippen molar-refractivity contribution in [2.75, 3.05) is 19.8 Å². The highest BCUT2D eigenvalue weighted by Crippen LogP contribution is 2.32. The number of halogens is 2. The summed E-state index contributed by atoms with van der Waals surface area (Å²) in [5, 5.41) is 3.50. The van der Waals surface area contributed by atoms with Crippen molar-refractivity contribution in [1.29, 1.82) is 0 Å². The predicted molar refractivity (Wildman–Crippen MR) is 98.6 cm³/mol. The van der Waals surface area contributed by atoms with Crippen LogP contribution in [0.15, 0.2) is 40.9 Å². The summed E-state index contributed by atoms with van der Waals surface area (Å²) in [6.07, 6.45) is 0. The molecule has 2 aromatic carbocycles.